The summed E-state index contributed by atoms with van der Waals surface area (Å²) in [4.78, 5) is 11.0. The van der Waals surface area contributed by atoms with Crippen molar-refractivity contribution in [1.29, 1.82) is 0 Å². The average molecular weight is 464 g/mol. The van der Waals surface area contributed by atoms with Crippen molar-refractivity contribution in [3.05, 3.63) is 39.4 Å². The topological polar surface area (TPSA) is 83.6 Å². The molecule has 1 rings (SSSR count). The van der Waals surface area contributed by atoms with Crippen LogP contribution in [0.15, 0.2) is 18.2 Å². The first-order valence-electron chi connectivity index (χ1n) is 13.7. The molecule has 0 bridgehead atoms. The van der Waals surface area contributed by atoms with Gasteiger partial charge < -0.3 is 10.2 Å². The maximum Gasteiger partial charge on any atom is 0.269 e. The van der Waals surface area contributed by atoms with Crippen molar-refractivity contribution in [1.82, 2.24) is 0 Å². The molecule has 0 atom stereocenters. The van der Waals surface area contributed by atoms with Crippen molar-refractivity contribution in [3.8, 4) is 0 Å². The minimum atomic E-state index is -0.273. The largest absolute Gasteiger partial charge is 0.396 e. The van der Waals surface area contributed by atoms with Crippen molar-refractivity contribution in [3.63, 3.8) is 0 Å². The fourth-order valence-corrected chi connectivity index (χ4v) is 4.53. The first kappa shape index (κ1) is 29.6. The highest BCUT2D eigenvalue weighted by atomic mass is 16.6. The predicted octanol–water partition coefficient (Wildman–Crippen LogP) is 7.69. The Bertz CT molecular complexity index is 606. The molecule has 0 saturated heterocycles. The van der Waals surface area contributed by atoms with Gasteiger partial charge >= 0.3 is 0 Å². The van der Waals surface area contributed by atoms with Gasteiger partial charge in [-0.1, -0.05) is 96.0 Å². The van der Waals surface area contributed by atoms with Crippen LogP contribution in [0.3, 0.4) is 0 Å². The zero-order valence-corrected chi connectivity index (χ0v) is 20.9. The van der Waals surface area contributed by atoms with Gasteiger partial charge in [0.15, 0.2) is 0 Å². The number of unbranched alkanes of at least 4 members (excludes halogenated alkanes) is 16. The second-order valence-corrected chi connectivity index (χ2v) is 9.52. The molecule has 190 valence electrons. The molecule has 0 radical (unpaired) electrons. The van der Waals surface area contributed by atoms with Crippen molar-refractivity contribution >= 4 is 5.69 Å². The van der Waals surface area contributed by atoms with Gasteiger partial charge in [0, 0.05) is 25.3 Å². The Morgan fingerprint density at radius 1 is 0.545 bits per heavy atom. The Balaban J connectivity index is 2.25. The number of aliphatic hydroxyl groups is 2. The molecule has 0 heterocycles. The van der Waals surface area contributed by atoms with Gasteiger partial charge in [-0.15, -0.1) is 0 Å². The van der Waals surface area contributed by atoms with Gasteiger partial charge in [-0.05, 0) is 49.7 Å². The number of non-ortho nitro benzene ring substituents is 1. The maximum absolute atomic E-state index is 11.2. The third kappa shape index (κ3) is 15.9. The summed E-state index contributed by atoms with van der Waals surface area (Å²) < 4.78 is 0. The van der Waals surface area contributed by atoms with E-state index in [2.05, 4.69) is 0 Å². The zero-order chi connectivity index (χ0) is 24.0. The summed E-state index contributed by atoms with van der Waals surface area (Å²) in [5, 5.41) is 28.8. The van der Waals surface area contributed by atoms with E-state index in [1.165, 1.54) is 88.2 Å². The second-order valence-electron chi connectivity index (χ2n) is 9.52. The lowest BCUT2D eigenvalue weighted by Crippen LogP contribution is -1.98. The molecule has 0 saturated carbocycles. The fourth-order valence-electron chi connectivity index (χ4n) is 4.53. The summed E-state index contributed by atoms with van der Waals surface area (Å²) in [7, 11) is 0. The van der Waals surface area contributed by atoms with E-state index in [-0.39, 0.29) is 10.6 Å². The summed E-state index contributed by atoms with van der Waals surface area (Å²) >= 11 is 0. The first-order valence-corrected chi connectivity index (χ1v) is 13.7. The molecule has 1 aromatic rings. The van der Waals surface area contributed by atoms with Crippen LogP contribution in [0.2, 0.25) is 0 Å². The predicted molar refractivity (Wildman–Crippen MR) is 138 cm³/mol. The molecule has 0 aliphatic heterocycles. The molecule has 0 aliphatic rings. The van der Waals surface area contributed by atoms with Gasteiger partial charge in [-0.25, -0.2) is 0 Å². The molecule has 0 aliphatic carbocycles. The molecule has 0 spiro atoms. The average Bonchev–Trinajstić information content (AvgIpc) is 2.82. The highest BCUT2D eigenvalue weighted by Gasteiger charge is 2.11. The van der Waals surface area contributed by atoms with Crippen LogP contribution in [0.5, 0.6) is 0 Å². The number of hydrogen-bond donors (Lipinski definition) is 2. The van der Waals surface area contributed by atoms with E-state index in [1.807, 2.05) is 12.1 Å². The molecule has 5 heteroatoms. The van der Waals surface area contributed by atoms with Crippen LogP contribution in [0.4, 0.5) is 5.69 Å². The molecule has 0 aromatic heterocycles. The Labute approximate surface area is 202 Å². The van der Waals surface area contributed by atoms with Gasteiger partial charge in [-0.2, -0.15) is 0 Å². The number of nitro groups is 1. The highest BCUT2D eigenvalue weighted by Crippen LogP contribution is 2.23. The molecule has 0 unspecified atom stereocenters. The van der Waals surface area contributed by atoms with Crippen LogP contribution in [0.1, 0.15) is 127 Å². The lowest BCUT2D eigenvalue weighted by atomic mass is 9.95. The second kappa shape index (κ2) is 21.1. The number of hydrogen-bond acceptors (Lipinski definition) is 4. The smallest absolute Gasteiger partial charge is 0.269 e. The minimum Gasteiger partial charge on any atom is -0.396 e. The quantitative estimate of drug-likeness (QED) is 0.0990. The van der Waals surface area contributed by atoms with Gasteiger partial charge in [-0.3, -0.25) is 10.1 Å². The molecular weight excluding hydrogens is 414 g/mol. The van der Waals surface area contributed by atoms with E-state index in [0.717, 1.165) is 51.4 Å². The lowest BCUT2D eigenvalue weighted by molar-refractivity contribution is -0.384. The van der Waals surface area contributed by atoms with Crippen molar-refractivity contribution in [2.24, 2.45) is 0 Å². The molecule has 33 heavy (non-hydrogen) atoms. The van der Waals surface area contributed by atoms with Crippen molar-refractivity contribution in [2.45, 2.75) is 128 Å². The summed E-state index contributed by atoms with van der Waals surface area (Å²) in [6.07, 6.45) is 23.4. The molecule has 0 fully saturated rings. The zero-order valence-electron chi connectivity index (χ0n) is 20.9. The van der Waals surface area contributed by atoms with Crippen molar-refractivity contribution < 1.29 is 15.1 Å². The molecule has 2 N–H and O–H groups in total. The van der Waals surface area contributed by atoms with E-state index in [9.17, 15) is 10.1 Å². The summed E-state index contributed by atoms with van der Waals surface area (Å²) in [5.41, 5.74) is 2.70. The Kier molecular flexibility index (Phi) is 18.9. The van der Waals surface area contributed by atoms with E-state index < -0.39 is 0 Å². The molecular formula is C28H49NO4. The summed E-state index contributed by atoms with van der Waals surface area (Å²) in [5.74, 6) is 0. The van der Waals surface area contributed by atoms with Crippen LogP contribution < -0.4 is 0 Å². The van der Waals surface area contributed by atoms with E-state index in [0.29, 0.717) is 13.2 Å². The number of benzene rings is 1. The number of rotatable bonds is 23. The van der Waals surface area contributed by atoms with E-state index in [1.54, 1.807) is 6.07 Å². The third-order valence-electron chi connectivity index (χ3n) is 6.61. The van der Waals surface area contributed by atoms with E-state index in [4.69, 9.17) is 10.2 Å². The van der Waals surface area contributed by atoms with Crippen LogP contribution >= 0.6 is 0 Å². The van der Waals surface area contributed by atoms with Crippen LogP contribution in [0, 0.1) is 10.1 Å². The van der Waals surface area contributed by atoms with Crippen molar-refractivity contribution in [2.75, 3.05) is 13.2 Å². The Morgan fingerprint density at radius 3 is 1.30 bits per heavy atom. The van der Waals surface area contributed by atoms with Gasteiger partial charge in [0.25, 0.3) is 5.69 Å². The van der Waals surface area contributed by atoms with Gasteiger partial charge in [0.05, 0.1) is 4.92 Å². The number of nitrogens with zero attached hydrogens (tertiary/aromatic N) is 1. The lowest BCUT2D eigenvalue weighted by Gasteiger charge is -2.10. The standard InChI is InChI=1S/C28H49NO4/c30-23-17-13-9-5-1-3-7-11-15-19-26-21-22-28(29(32)33)25-27(26)20-16-12-8-4-2-6-10-14-18-24-31/h21-22,25,30-31H,1-20,23-24H2. The normalized spacial score (nSPS) is 11.2. The van der Waals surface area contributed by atoms with E-state index >= 15 is 0 Å². The van der Waals surface area contributed by atoms with Crippen LogP contribution in [0.25, 0.3) is 0 Å². The Morgan fingerprint density at radius 2 is 0.909 bits per heavy atom. The molecule has 0 amide bonds. The fraction of sp³-hybridized carbons (Fsp3) is 0.786. The number of aliphatic hydroxyl groups excluding tert-OH is 2. The maximum atomic E-state index is 11.2. The molecule has 5 nitrogen and oxygen atoms in total. The first-order chi connectivity index (χ1) is 16.2. The number of aryl methyl sites for hydroxylation is 2. The minimum absolute atomic E-state index is 0.220. The van der Waals surface area contributed by atoms with Crippen LogP contribution in [-0.2, 0) is 12.8 Å². The third-order valence-corrected chi connectivity index (χ3v) is 6.61. The van der Waals surface area contributed by atoms with Gasteiger partial charge in [0.2, 0.25) is 0 Å². The molecule has 1 aromatic carbocycles. The summed E-state index contributed by atoms with van der Waals surface area (Å²) in [6, 6.07) is 5.46. The summed E-state index contributed by atoms with van der Waals surface area (Å²) in [6.45, 7) is 0.629. The Hall–Kier alpha value is -1.46. The monoisotopic (exact) mass is 463 g/mol. The van der Waals surface area contributed by atoms with Gasteiger partial charge in [0.1, 0.15) is 0 Å². The highest BCUT2D eigenvalue weighted by molar-refractivity contribution is 5.40. The SMILES string of the molecule is O=[N+]([O-])c1ccc(CCCCCCCCCCCO)c(CCCCCCCCCCCO)c1. The number of nitro benzene ring substituents is 1. The van der Waals surface area contributed by atoms with Crippen LogP contribution in [-0.4, -0.2) is 28.4 Å².